The minimum atomic E-state index is -0.111. The average molecular weight is 260 g/mol. The van der Waals surface area contributed by atoms with Crippen LogP contribution in [0.1, 0.15) is 5.56 Å². The second kappa shape index (κ2) is 3.75. The van der Waals surface area contributed by atoms with Gasteiger partial charge < -0.3 is 10.2 Å². The number of nitrogen functional groups attached to an aromatic ring is 1. The van der Waals surface area contributed by atoms with E-state index in [0.717, 1.165) is 5.56 Å². The van der Waals surface area contributed by atoms with Crippen molar-refractivity contribution in [1.82, 2.24) is 0 Å². The van der Waals surface area contributed by atoms with Crippen LogP contribution >= 0.6 is 11.6 Å². The first kappa shape index (κ1) is 11.1. The number of aryl methyl sites for hydroxylation is 1. The summed E-state index contributed by atoms with van der Waals surface area (Å²) in [5.41, 5.74) is 8.06. The van der Waals surface area contributed by atoms with Crippen LogP contribution in [0.15, 0.2) is 39.5 Å². The van der Waals surface area contributed by atoms with Gasteiger partial charge in [-0.3, -0.25) is 4.79 Å². The molecule has 0 radical (unpaired) electrons. The second-order valence-corrected chi connectivity index (χ2v) is 4.74. The number of halogens is 1. The summed E-state index contributed by atoms with van der Waals surface area (Å²) in [4.78, 5) is 12.3. The Labute approximate surface area is 108 Å². The third-order valence-corrected chi connectivity index (χ3v) is 3.14. The SMILES string of the molecule is Cc1ccc2c(=O)c3cc(Cl)cc(N)c3oc2c1. The molecule has 0 unspecified atom stereocenters. The van der Waals surface area contributed by atoms with Crippen molar-refractivity contribution < 1.29 is 4.42 Å². The van der Waals surface area contributed by atoms with Gasteiger partial charge >= 0.3 is 0 Å². The van der Waals surface area contributed by atoms with Crippen LogP contribution in [0.2, 0.25) is 5.02 Å². The van der Waals surface area contributed by atoms with E-state index in [0.29, 0.717) is 32.6 Å². The van der Waals surface area contributed by atoms with Crippen molar-refractivity contribution in [2.24, 2.45) is 0 Å². The lowest BCUT2D eigenvalue weighted by Crippen LogP contribution is -2.03. The monoisotopic (exact) mass is 259 g/mol. The number of fused-ring (bicyclic) bond motifs is 2. The highest BCUT2D eigenvalue weighted by Gasteiger charge is 2.11. The zero-order chi connectivity index (χ0) is 12.9. The van der Waals surface area contributed by atoms with Gasteiger partial charge in [0, 0.05) is 5.02 Å². The number of hydrogen-bond donors (Lipinski definition) is 1. The molecule has 0 amide bonds. The lowest BCUT2D eigenvalue weighted by Gasteiger charge is -2.05. The maximum absolute atomic E-state index is 12.3. The predicted molar refractivity (Wildman–Crippen MR) is 74.1 cm³/mol. The molecule has 0 saturated heterocycles. The van der Waals surface area contributed by atoms with Crippen LogP contribution in [-0.2, 0) is 0 Å². The van der Waals surface area contributed by atoms with E-state index >= 15 is 0 Å². The molecule has 2 N–H and O–H groups in total. The molecule has 0 bridgehead atoms. The number of anilines is 1. The minimum absolute atomic E-state index is 0.111. The molecular formula is C14H10ClNO2. The van der Waals surface area contributed by atoms with Gasteiger partial charge in [-0.2, -0.15) is 0 Å². The highest BCUT2D eigenvalue weighted by atomic mass is 35.5. The summed E-state index contributed by atoms with van der Waals surface area (Å²) < 4.78 is 5.71. The van der Waals surface area contributed by atoms with Crippen LogP contribution in [0.4, 0.5) is 5.69 Å². The standard InChI is InChI=1S/C14H10ClNO2/c1-7-2-3-9-12(4-7)18-14-10(13(9)17)5-8(15)6-11(14)16/h2-6H,16H2,1H3. The molecule has 1 heterocycles. The molecule has 90 valence electrons. The molecule has 18 heavy (non-hydrogen) atoms. The zero-order valence-electron chi connectivity index (χ0n) is 9.66. The molecule has 2 aromatic carbocycles. The number of rotatable bonds is 0. The summed E-state index contributed by atoms with van der Waals surface area (Å²) in [5, 5.41) is 1.38. The average Bonchev–Trinajstić information content (AvgIpc) is 2.31. The van der Waals surface area contributed by atoms with E-state index in [9.17, 15) is 4.79 Å². The molecule has 0 aliphatic carbocycles. The van der Waals surface area contributed by atoms with Crippen molar-refractivity contribution in [2.75, 3.05) is 5.73 Å². The normalized spacial score (nSPS) is 11.2. The summed E-state index contributed by atoms with van der Waals surface area (Å²) in [6.07, 6.45) is 0. The largest absolute Gasteiger partial charge is 0.454 e. The molecule has 0 atom stereocenters. The van der Waals surface area contributed by atoms with Crippen LogP contribution < -0.4 is 11.2 Å². The van der Waals surface area contributed by atoms with E-state index in [1.807, 2.05) is 19.1 Å². The summed E-state index contributed by atoms with van der Waals surface area (Å²) in [6.45, 7) is 1.94. The number of benzene rings is 2. The third-order valence-electron chi connectivity index (χ3n) is 2.92. The fourth-order valence-electron chi connectivity index (χ4n) is 2.05. The van der Waals surface area contributed by atoms with Gasteiger partial charge in [-0.1, -0.05) is 17.7 Å². The van der Waals surface area contributed by atoms with E-state index in [2.05, 4.69) is 0 Å². The molecule has 3 rings (SSSR count). The van der Waals surface area contributed by atoms with E-state index < -0.39 is 0 Å². The molecule has 0 fully saturated rings. The van der Waals surface area contributed by atoms with Gasteiger partial charge in [-0.25, -0.2) is 0 Å². The molecule has 3 nitrogen and oxygen atoms in total. The first-order valence-corrected chi connectivity index (χ1v) is 5.86. The van der Waals surface area contributed by atoms with Crippen molar-refractivity contribution in [1.29, 1.82) is 0 Å². The quantitative estimate of drug-likeness (QED) is 0.497. The van der Waals surface area contributed by atoms with Gasteiger partial charge in [-0.15, -0.1) is 0 Å². The van der Waals surface area contributed by atoms with Gasteiger partial charge in [-0.05, 0) is 36.8 Å². The summed E-state index contributed by atoms with van der Waals surface area (Å²) in [5.74, 6) is 0. The Morgan fingerprint density at radius 2 is 1.94 bits per heavy atom. The first-order chi connectivity index (χ1) is 8.56. The summed E-state index contributed by atoms with van der Waals surface area (Å²) in [7, 11) is 0. The van der Waals surface area contributed by atoms with E-state index in [1.165, 1.54) is 0 Å². The molecule has 1 aromatic heterocycles. The second-order valence-electron chi connectivity index (χ2n) is 4.30. The van der Waals surface area contributed by atoms with Crippen LogP contribution in [0.5, 0.6) is 0 Å². The topological polar surface area (TPSA) is 56.2 Å². The van der Waals surface area contributed by atoms with Gasteiger partial charge in [0.25, 0.3) is 0 Å². The zero-order valence-corrected chi connectivity index (χ0v) is 10.4. The third kappa shape index (κ3) is 1.56. The maximum Gasteiger partial charge on any atom is 0.200 e. The van der Waals surface area contributed by atoms with E-state index in [4.69, 9.17) is 21.8 Å². The van der Waals surface area contributed by atoms with Gasteiger partial charge in [0.05, 0.1) is 16.5 Å². The highest BCUT2D eigenvalue weighted by molar-refractivity contribution is 6.31. The molecule has 4 heteroatoms. The smallest absolute Gasteiger partial charge is 0.200 e. The summed E-state index contributed by atoms with van der Waals surface area (Å²) in [6, 6.07) is 8.61. The Kier molecular flexibility index (Phi) is 2.31. The van der Waals surface area contributed by atoms with Crippen LogP contribution in [0.3, 0.4) is 0 Å². The fourth-order valence-corrected chi connectivity index (χ4v) is 2.28. The van der Waals surface area contributed by atoms with Crippen molar-refractivity contribution in [3.05, 3.63) is 51.1 Å². The Bertz CT molecular complexity index is 836. The van der Waals surface area contributed by atoms with Gasteiger partial charge in [0.1, 0.15) is 5.58 Å². The molecule has 3 aromatic rings. The minimum Gasteiger partial charge on any atom is -0.454 e. The Morgan fingerprint density at radius 3 is 2.72 bits per heavy atom. The Morgan fingerprint density at radius 1 is 1.17 bits per heavy atom. The predicted octanol–water partition coefficient (Wildman–Crippen LogP) is 3.49. The van der Waals surface area contributed by atoms with Crippen molar-refractivity contribution in [3.8, 4) is 0 Å². The Balaban J connectivity index is 2.61. The lowest BCUT2D eigenvalue weighted by molar-refractivity contribution is 0.661. The molecule has 0 spiro atoms. The van der Waals surface area contributed by atoms with Crippen molar-refractivity contribution in [3.63, 3.8) is 0 Å². The molecule has 0 aliphatic heterocycles. The van der Waals surface area contributed by atoms with Crippen LogP contribution in [0.25, 0.3) is 21.9 Å². The van der Waals surface area contributed by atoms with Crippen molar-refractivity contribution in [2.45, 2.75) is 6.92 Å². The van der Waals surface area contributed by atoms with Crippen LogP contribution in [0, 0.1) is 6.92 Å². The molecular weight excluding hydrogens is 250 g/mol. The van der Waals surface area contributed by atoms with Gasteiger partial charge in [0.2, 0.25) is 5.43 Å². The fraction of sp³-hybridized carbons (Fsp3) is 0.0714. The highest BCUT2D eigenvalue weighted by Crippen LogP contribution is 2.27. The lowest BCUT2D eigenvalue weighted by atomic mass is 10.1. The van der Waals surface area contributed by atoms with Crippen LogP contribution in [-0.4, -0.2) is 0 Å². The maximum atomic E-state index is 12.3. The van der Waals surface area contributed by atoms with Crippen molar-refractivity contribution >= 4 is 39.2 Å². The Hall–Kier alpha value is -2.00. The van der Waals surface area contributed by atoms with Gasteiger partial charge in [0.15, 0.2) is 5.58 Å². The summed E-state index contributed by atoms with van der Waals surface area (Å²) >= 11 is 5.91. The molecule has 0 saturated carbocycles. The number of hydrogen-bond acceptors (Lipinski definition) is 3. The number of nitrogens with two attached hydrogens (primary N) is 1. The van der Waals surface area contributed by atoms with E-state index in [1.54, 1.807) is 18.2 Å². The first-order valence-electron chi connectivity index (χ1n) is 5.48. The van der Waals surface area contributed by atoms with E-state index in [-0.39, 0.29) is 5.43 Å². The molecule has 0 aliphatic rings.